The van der Waals surface area contributed by atoms with E-state index in [0.717, 1.165) is 35.6 Å². The molecule has 0 heterocycles. The maximum Gasteiger partial charge on any atom is 0.416 e. The second kappa shape index (κ2) is 8.52. The Kier molecular flexibility index (Phi) is 6.12. The molecule has 2 aliphatic rings. The number of aliphatic carboxylic acids is 1. The van der Waals surface area contributed by atoms with E-state index < -0.39 is 45.2 Å². The van der Waals surface area contributed by atoms with E-state index in [2.05, 4.69) is 0 Å². The number of hydrogen-bond acceptors (Lipinski definition) is 3. The molecule has 4 rings (SSSR count). The fourth-order valence-electron chi connectivity index (χ4n) is 5.54. The standard InChI is InChI=1S/C25H24F4O4S/c1-13(14-6-8-16(9-7-14)25(27,28)29)22-23-15(10-21(30)31)4-3-5-18(23)19-11-17(26)12-20(24(19)22)34(2,32)33/h6-9,11-13,15,22H,3-5,10H2,1-2H3,(H,30,31)/t13-,15+,22?/m0/s1. The summed E-state index contributed by atoms with van der Waals surface area (Å²) < 4.78 is 79.1. The molecule has 0 aliphatic heterocycles. The van der Waals surface area contributed by atoms with Crippen molar-refractivity contribution >= 4 is 21.4 Å². The number of halogens is 4. The van der Waals surface area contributed by atoms with Crippen LogP contribution in [0.25, 0.3) is 5.57 Å². The fourth-order valence-corrected chi connectivity index (χ4v) is 6.50. The summed E-state index contributed by atoms with van der Waals surface area (Å²) >= 11 is 0. The summed E-state index contributed by atoms with van der Waals surface area (Å²) in [5.74, 6) is -3.11. The topological polar surface area (TPSA) is 71.4 Å². The highest BCUT2D eigenvalue weighted by Crippen LogP contribution is 2.57. The number of benzene rings is 2. The van der Waals surface area contributed by atoms with E-state index in [1.807, 2.05) is 0 Å². The second-order valence-corrected chi connectivity index (χ2v) is 11.1. The van der Waals surface area contributed by atoms with Gasteiger partial charge in [-0.1, -0.05) is 24.6 Å². The van der Waals surface area contributed by atoms with Crippen LogP contribution in [0.5, 0.6) is 0 Å². The van der Waals surface area contributed by atoms with Gasteiger partial charge in [0.25, 0.3) is 0 Å². The Balaban J connectivity index is 1.92. The Morgan fingerprint density at radius 3 is 2.38 bits per heavy atom. The molecule has 0 fully saturated rings. The molecule has 1 unspecified atom stereocenters. The maximum absolute atomic E-state index is 14.5. The van der Waals surface area contributed by atoms with Crippen LogP contribution in [-0.2, 0) is 20.8 Å². The van der Waals surface area contributed by atoms with Crippen molar-refractivity contribution in [2.75, 3.05) is 6.26 Å². The number of allylic oxidation sites excluding steroid dienone is 2. The van der Waals surface area contributed by atoms with E-state index >= 15 is 0 Å². The van der Waals surface area contributed by atoms with E-state index in [1.165, 1.54) is 18.2 Å². The van der Waals surface area contributed by atoms with Gasteiger partial charge in [-0.3, -0.25) is 4.79 Å². The summed E-state index contributed by atoms with van der Waals surface area (Å²) in [5, 5.41) is 9.49. The molecule has 0 bridgehead atoms. The minimum absolute atomic E-state index is 0.153. The number of carboxylic acids is 1. The van der Waals surface area contributed by atoms with Crippen molar-refractivity contribution in [1.82, 2.24) is 0 Å². The van der Waals surface area contributed by atoms with Crippen LogP contribution in [0.1, 0.15) is 66.7 Å². The number of sulfone groups is 1. The van der Waals surface area contributed by atoms with Crippen molar-refractivity contribution in [3.63, 3.8) is 0 Å². The van der Waals surface area contributed by atoms with Gasteiger partial charge in [0.1, 0.15) is 5.82 Å². The zero-order valence-corrected chi connectivity index (χ0v) is 19.4. The number of hydrogen-bond donors (Lipinski definition) is 1. The Morgan fingerprint density at radius 2 is 1.82 bits per heavy atom. The third kappa shape index (κ3) is 4.37. The molecule has 2 aliphatic carbocycles. The SMILES string of the molecule is C[C@@H](c1ccc(C(F)(F)F)cc1)C1C2=C(CCC[C@@H]2CC(=O)O)c2cc(F)cc(S(C)(=O)=O)c21. The molecule has 0 spiro atoms. The van der Waals surface area contributed by atoms with Gasteiger partial charge in [-0.15, -0.1) is 0 Å². The number of rotatable bonds is 5. The Morgan fingerprint density at radius 1 is 1.18 bits per heavy atom. The lowest BCUT2D eigenvalue weighted by Crippen LogP contribution is -2.21. The molecular formula is C25H24F4O4S. The molecule has 34 heavy (non-hydrogen) atoms. The zero-order chi connectivity index (χ0) is 25.0. The Bertz CT molecular complexity index is 1280. The first-order valence-electron chi connectivity index (χ1n) is 10.9. The van der Waals surface area contributed by atoms with Crippen molar-refractivity contribution in [3.05, 3.63) is 70.0 Å². The van der Waals surface area contributed by atoms with Crippen LogP contribution >= 0.6 is 0 Å². The van der Waals surface area contributed by atoms with Crippen LogP contribution in [0.3, 0.4) is 0 Å². The van der Waals surface area contributed by atoms with Crippen LogP contribution < -0.4 is 0 Å². The molecular weight excluding hydrogens is 472 g/mol. The summed E-state index contributed by atoms with van der Waals surface area (Å²) in [6.45, 7) is 1.79. The third-order valence-electron chi connectivity index (χ3n) is 6.93. The molecule has 0 amide bonds. The normalized spacial score (nSPS) is 21.2. The van der Waals surface area contributed by atoms with Crippen LogP contribution in [0.15, 0.2) is 46.9 Å². The van der Waals surface area contributed by atoms with E-state index in [-0.39, 0.29) is 17.2 Å². The minimum Gasteiger partial charge on any atom is -0.481 e. The Labute approximate surface area is 195 Å². The lowest BCUT2D eigenvalue weighted by molar-refractivity contribution is -0.138. The molecule has 4 nitrogen and oxygen atoms in total. The highest BCUT2D eigenvalue weighted by Gasteiger charge is 2.43. The maximum atomic E-state index is 14.5. The summed E-state index contributed by atoms with van der Waals surface area (Å²) in [7, 11) is -3.84. The lowest BCUT2D eigenvalue weighted by Gasteiger charge is -2.32. The van der Waals surface area contributed by atoms with Gasteiger partial charge in [-0.2, -0.15) is 13.2 Å². The van der Waals surface area contributed by atoms with E-state index in [1.54, 1.807) is 6.92 Å². The summed E-state index contributed by atoms with van der Waals surface area (Å²) in [6.07, 6.45) is -1.82. The molecule has 3 atom stereocenters. The highest BCUT2D eigenvalue weighted by molar-refractivity contribution is 7.90. The smallest absolute Gasteiger partial charge is 0.416 e. The van der Waals surface area contributed by atoms with Gasteiger partial charge >= 0.3 is 12.1 Å². The summed E-state index contributed by atoms with van der Waals surface area (Å²) in [4.78, 5) is 11.4. The molecule has 2 aromatic carbocycles. The van der Waals surface area contributed by atoms with E-state index in [0.29, 0.717) is 36.0 Å². The molecule has 2 aromatic rings. The van der Waals surface area contributed by atoms with Gasteiger partial charge in [-0.05, 0) is 77.6 Å². The molecule has 0 saturated carbocycles. The first-order valence-corrected chi connectivity index (χ1v) is 12.8. The number of fused-ring (bicyclic) bond motifs is 2. The number of carbonyl (C=O) groups is 1. The van der Waals surface area contributed by atoms with Gasteiger partial charge in [0, 0.05) is 12.2 Å². The molecule has 0 radical (unpaired) electrons. The first-order chi connectivity index (χ1) is 15.8. The van der Waals surface area contributed by atoms with Gasteiger partial charge in [0.2, 0.25) is 0 Å². The van der Waals surface area contributed by atoms with Gasteiger partial charge < -0.3 is 5.11 Å². The number of alkyl halides is 3. The average Bonchev–Trinajstić information content (AvgIpc) is 3.06. The zero-order valence-electron chi connectivity index (χ0n) is 18.6. The van der Waals surface area contributed by atoms with Crippen LogP contribution in [-0.4, -0.2) is 25.7 Å². The van der Waals surface area contributed by atoms with Crippen LogP contribution in [0, 0.1) is 11.7 Å². The Hall–Kier alpha value is -2.68. The lowest BCUT2D eigenvalue weighted by atomic mass is 9.72. The monoisotopic (exact) mass is 496 g/mol. The van der Waals surface area contributed by atoms with Crippen molar-refractivity contribution in [2.24, 2.45) is 5.92 Å². The van der Waals surface area contributed by atoms with E-state index in [9.17, 15) is 35.9 Å². The summed E-state index contributed by atoms with van der Waals surface area (Å²) in [5.41, 5.74) is 2.18. The highest BCUT2D eigenvalue weighted by atomic mass is 32.2. The van der Waals surface area contributed by atoms with Crippen molar-refractivity contribution < 1.29 is 35.9 Å². The molecule has 9 heteroatoms. The number of carboxylic acid groups (broad SMARTS) is 1. The first kappa shape index (κ1) is 24.4. The van der Waals surface area contributed by atoms with Crippen molar-refractivity contribution in [2.45, 2.75) is 55.5 Å². The van der Waals surface area contributed by atoms with Crippen molar-refractivity contribution in [1.29, 1.82) is 0 Å². The average molecular weight is 497 g/mol. The van der Waals surface area contributed by atoms with Gasteiger partial charge in [0.15, 0.2) is 9.84 Å². The second-order valence-electron chi connectivity index (χ2n) is 9.14. The fraction of sp³-hybridized carbons (Fsp3) is 0.400. The minimum atomic E-state index is -4.49. The van der Waals surface area contributed by atoms with Crippen LogP contribution in [0.2, 0.25) is 0 Å². The third-order valence-corrected chi connectivity index (χ3v) is 8.07. The van der Waals surface area contributed by atoms with Crippen LogP contribution in [0.4, 0.5) is 17.6 Å². The predicted octanol–water partition coefficient (Wildman–Crippen LogP) is 6.18. The predicted molar refractivity (Wildman–Crippen MR) is 119 cm³/mol. The molecule has 1 N–H and O–H groups in total. The molecule has 182 valence electrons. The quantitative estimate of drug-likeness (QED) is 0.502. The largest absolute Gasteiger partial charge is 0.481 e. The summed E-state index contributed by atoms with van der Waals surface area (Å²) in [6, 6.07) is 6.96. The van der Waals surface area contributed by atoms with E-state index in [4.69, 9.17) is 0 Å². The molecule has 0 saturated heterocycles. The van der Waals surface area contributed by atoms with Gasteiger partial charge in [-0.25, -0.2) is 12.8 Å². The van der Waals surface area contributed by atoms with Gasteiger partial charge in [0.05, 0.1) is 16.9 Å². The van der Waals surface area contributed by atoms with Crippen molar-refractivity contribution in [3.8, 4) is 0 Å². The molecule has 0 aromatic heterocycles.